The molecule has 4 heteroatoms. The van der Waals surface area contributed by atoms with Crippen molar-refractivity contribution in [1.82, 2.24) is 0 Å². The Balaban J connectivity index is 2.94. The van der Waals surface area contributed by atoms with Crippen LogP contribution in [0.4, 0.5) is 5.69 Å². The normalized spacial score (nSPS) is 11.3. The summed E-state index contributed by atoms with van der Waals surface area (Å²) in [6.45, 7) is 6.91. The minimum atomic E-state index is -0.891. The zero-order chi connectivity index (χ0) is 13.1. The van der Waals surface area contributed by atoms with E-state index in [4.69, 9.17) is 5.11 Å². The molecule has 0 saturated carbocycles. The van der Waals surface area contributed by atoms with Gasteiger partial charge in [0.15, 0.2) is 0 Å². The Bertz CT molecular complexity index is 416. The number of nitrogens with one attached hydrogen (secondary N) is 1. The number of aryl methyl sites for hydroxylation is 1. The van der Waals surface area contributed by atoms with Gasteiger partial charge in [0.25, 0.3) is 0 Å². The Hall–Kier alpha value is -1.16. The van der Waals surface area contributed by atoms with Crippen molar-refractivity contribution in [1.29, 1.82) is 0 Å². The van der Waals surface area contributed by atoms with Crippen molar-refractivity contribution >= 4 is 23.4 Å². The molecule has 0 aromatic heterocycles. The number of carboxylic acids is 1. The Kier molecular flexibility index (Phi) is 4.46. The van der Waals surface area contributed by atoms with Crippen LogP contribution in [-0.2, 0) is 0 Å². The SMILES string of the molecule is CSC(C)(C)CNc1c(C)cccc1C(=O)O. The topological polar surface area (TPSA) is 49.3 Å². The Labute approximate surface area is 107 Å². The molecule has 0 aliphatic rings. The number of hydrogen-bond acceptors (Lipinski definition) is 3. The van der Waals surface area contributed by atoms with Gasteiger partial charge in [0.1, 0.15) is 0 Å². The lowest BCUT2D eigenvalue weighted by atomic mass is 10.1. The van der Waals surface area contributed by atoms with Crippen LogP contribution in [0.1, 0.15) is 29.8 Å². The molecule has 0 atom stereocenters. The summed E-state index contributed by atoms with van der Waals surface area (Å²) < 4.78 is 0.0814. The maximum absolute atomic E-state index is 11.1. The van der Waals surface area contributed by atoms with Crippen LogP contribution in [0, 0.1) is 6.92 Å². The number of carbonyl (C=O) groups is 1. The summed E-state index contributed by atoms with van der Waals surface area (Å²) in [6, 6.07) is 5.31. The highest BCUT2D eigenvalue weighted by Crippen LogP contribution is 2.25. The van der Waals surface area contributed by atoms with E-state index in [1.54, 1.807) is 23.9 Å². The monoisotopic (exact) mass is 253 g/mol. The first-order valence-electron chi connectivity index (χ1n) is 5.49. The summed E-state index contributed by atoms with van der Waals surface area (Å²) in [5.74, 6) is -0.891. The Morgan fingerprint density at radius 2 is 2.12 bits per heavy atom. The molecule has 0 radical (unpaired) electrons. The first kappa shape index (κ1) is 13.9. The third-order valence-corrected chi connectivity index (χ3v) is 4.00. The first-order valence-corrected chi connectivity index (χ1v) is 6.72. The minimum Gasteiger partial charge on any atom is -0.478 e. The molecule has 0 amide bonds. The van der Waals surface area contributed by atoms with Crippen LogP contribution in [0.15, 0.2) is 18.2 Å². The van der Waals surface area contributed by atoms with Gasteiger partial charge in [-0.3, -0.25) is 0 Å². The number of hydrogen-bond donors (Lipinski definition) is 2. The molecule has 0 bridgehead atoms. The average Bonchev–Trinajstić information content (AvgIpc) is 2.27. The minimum absolute atomic E-state index is 0.0814. The largest absolute Gasteiger partial charge is 0.478 e. The van der Waals surface area contributed by atoms with E-state index in [1.807, 2.05) is 13.0 Å². The smallest absolute Gasteiger partial charge is 0.337 e. The van der Waals surface area contributed by atoms with Crippen LogP contribution in [-0.4, -0.2) is 28.6 Å². The van der Waals surface area contributed by atoms with E-state index in [9.17, 15) is 4.79 Å². The van der Waals surface area contributed by atoms with Crippen molar-refractivity contribution in [3.8, 4) is 0 Å². The summed E-state index contributed by atoms with van der Waals surface area (Å²) in [6.07, 6.45) is 2.05. The number of rotatable bonds is 5. The average molecular weight is 253 g/mol. The third kappa shape index (κ3) is 3.66. The van der Waals surface area contributed by atoms with Gasteiger partial charge >= 0.3 is 5.97 Å². The van der Waals surface area contributed by atoms with E-state index in [0.717, 1.165) is 17.8 Å². The highest BCUT2D eigenvalue weighted by atomic mass is 32.2. The molecular weight excluding hydrogens is 234 g/mol. The van der Waals surface area contributed by atoms with Crippen LogP contribution in [0.5, 0.6) is 0 Å². The number of aromatic carboxylic acids is 1. The predicted molar refractivity (Wildman–Crippen MR) is 74.2 cm³/mol. The maximum atomic E-state index is 11.1. The first-order chi connectivity index (χ1) is 7.87. The fourth-order valence-electron chi connectivity index (χ4n) is 1.45. The number of anilines is 1. The Morgan fingerprint density at radius 1 is 1.47 bits per heavy atom. The summed E-state index contributed by atoms with van der Waals surface area (Å²) in [7, 11) is 0. The lowest BCUT2D eigenvalue weighted by Gasteiger charge is -2.24. The molecule has 0 aliphatic heterocycles. The second-order valence-corrected chi connectivity index (χ2v) is 6.13. The van der Waals surface area contributed by atoms with Crippen molar-refractivity contribution in [3.63, 3.8) is 0 Å². The van der Waals surface area contributed by atoms with Crippen molar-refractivity contribution in [2.45, 2.75) is 25.5 Å². The van der Waals surface area contributed by atoms with Crippen LogP contribution in [0.25, 0.3) is 0 Å². The number of carboxylic acid groups (broad SMARTS) is 1. The second kappa shape index (κ2) is 5.45. The Morgan fingerprint density at radius 3 is 2.65 bits per heavy atom. The fraction of sp³-hybridized carbons (Fsp3) is 0.462. The van der Waals surface area contributed by atoms with Crippen LogP contribution < -0.4 is 5.32 Å². The molecule has 0 unspecified atom stereocenters. The van der Waals surface area contributed by atoms with Crippen LogP contribution >= 0.6 is 11.8 Å². The van der Waals surface area contributed by atoms with E-state index in [-0.39, 0.29) is 4.75 Å². The van der Waals surface area contributed by atoms with E-state index < -0.39 is 5.97 Å². The zero-order valence-corrected chi connectivity index (χ0v) is 11.5. The second-order valence-electron chi connectivity index (χ2n) is 4.62. The van der Waals surface area contributed by atoms with E-state index in [1.165, 1.54) is 0 Å². The van der Waals surface area contributed by atoms with Crippen LogP contribution in [0.3, 0.4) is 0 Å². The van der Waals surface area contributed by atoms with Gasteiger partial charge in [-0.05, 0) is 38.7 Å². The summed E-state index contributed by atoms with van der Waals surface area (Å²) in [5, 5.41) is 12.4. The number of benzene rings is 1. The van der Waals surface area contributed by atoms with Crippen molar-refractivity contribution in [3.05, 3.63) is 29.3 Å². The summed E-state index contributed by atoms with van der Waals surface area (Å²) in [4.78, 5) is 11.1. The van der Waals surface area contributed by atoms with Gasteiger partial charge in [-0.25, -0.2) is 4.79 Å². The van der Waals surface area contributed by atoms with Crippen molar-refractivity contribution in [2.75, 3.05) is 18.1 Å². The highest BCUT2D eigenvalue weighted by Gasteiger charge is 2.18. The molecule has 17 heavy (non-hydrogen) atoms. The molecule has 1 rings (SSSR count). The van der Waals surface area contributed by atoms with Gasteiger partial charge < -0.3 is 10.4 Å². The quantitative estimate of drug-likeness (QED) is 0.845. The highest BCUT2D eigenvalue weighted by molar-refractivity contribution is 7.99. The zero-order valence-electron chi connectivity index (χ0n) is 10.7. The van der Waals surface area contributed by atoms with Gasteiger partial charge in [0, 0.05) is 11.3 Å². The third-order valence-electron chi connectivity index (χ3n) is 2.75. The van der Waals surface area contributed by atoms with Crippen molar-refractivity contribution in [2.24, 2.45) is 0 Å². The number of thioether (sulfide) groups is 1. The lowest BCUT2D eigenvalue weighted by Crippen LogP contribution is -2.26. The van der Waals surface area contributed by atoms with Gasteiger partial charge in [-0.15, -0.1) is 0 Å². The molecule has 0 spiro atoms. The molecule has 94 valence electrons. The standard InChI is InChI=1S/C13H19NO2S/c1-9-6-5-7-10(12(15)16)11(9)14-8-13(2,3)17-4/h5-7,14H,8H2,1-4H3,(H,15,16). The fourth-order valence-corrected chi connectivity index (χ4v) is 1.67. The van der Waals surface area contributed by atoms with E-state index in [0.29, 0.717) is 5.56 Å². The van der Waals surface area contributed by atoms with Crippen molar-refractivity contribution < 1.29 is 9.90 Å². The molecule has 0 fully saturated rings. The molecular formula is C13H19NO2S. The molecule has 0 heterocycles. The van der Waals surface area contributed by atoms with Gasteiger partial charge in [-0.2, -0.15) is 11.8 Å². The summed E-state index contributed by atoms with van der Waals surface area (Å²) >= 11 is 1.76. The molecule has 1 aromatic carbocycles. The maximum Gasteiger partial charge on any atom is 0.337 e. The van der Waals surface area contributed by atoms with E-state index >= 15 is 0 Å². The molecule has 1 aromatic rings. The van der Waals surface area contributed by atoms with Crippen LogP contribution in [0.2, 0.25) is 0 Å². The summed E-state index contributed by atoms with van der Waals surface area (Å²) in [5.41, 5.74) is 2.02. The van der Waals surface area contributed by atoms with Gasteiger partial charge in [-0.1, -0.05) is 12.1 Å². The predicted octanol–water partition coefficient (Wildman–Crippen LogP) is 3.25. The van der Waals surface area contributed by atoms with E-state index in [2.05, 4.69) is 25.4 Å². The lowest BCUT2D eigenvalue weighted by molar-refractivity contribution is 0.0698. The molecule has 2 N–H and O–H groups in total. The molecule has 3 nitrogen and oxygen atoms in total. The molecule has 0 saturated heterocycles. The number of para-hydroxylation sites is 1. The van der Waals surface area contributed by atoms with Gasteiger partial charge in [0.05, 0.1) is 11.3 Å². The van der Waals surface area contributed by atoms with Gasteiger partial charge in [0.2, 0.25) is 0 Å². The molecule has 0 aliphatic carbocycles.